The topological polar surface area (TPSA) is 26.3 Å². The molecule has 0 spiro atoms. The number of carbonyl (C=O) groups excluding carboxylic acids is 1. The van der Waals surface area contributed by atoms with Gasteiger partial charge in [0.1, 0.15) is 6.10 Å². The van der Waals surface area contributed by atoms with E-state index in [0.717, 1.165) is 19.3 Å². The van der Waals surface area contributed by atoms with Gasteiger partial charge < -0.3 is 4.74 Å². The van der Waals surface area contributed by atoms with Gasteiger partial charge >= 0.3 is 5.97 Å². The first-order valence-electron chi connectivity index (χ1n) is 10.6. The summed E-state index contributed by atoms with van der Waals surface area (Å²) in [6.45, 7) is 26.6. The van der Waals surface area contributed by atoms with Gasteiger partial charge in [-0.05, 0) is 60.7 Å². The summed E-state index contributed by atoms with van der Waals surface area (Å²) in [6.07, 6.45) is 4.21. The van der Waals surface area contributed by atoms with Crippen LogP contribution >= 0.6 is 0 Å². The number of carbonyl (C=O) groups is 1. The number of rotatable bonds is 8. The maximum absolute atomic E-state index is 13.0. The number of hydrogen-bond acceptors (Lipinski definition) is 2. The predicted octanol–water partition coefficient (Wildman–Crippen LogP) is 7.51. The lowest BCUT2D eigenvalue weighted by Gasteiger charge is -2.33. The summed E-state index contributed by atoms with van der Waals surface area (Å²) in [4.78, 5) is 13.0. The van der Waals surface area contributed by atoms with Crippen LogP contribution in [0.4, 0.5) is 0 Å². The van der Waals surface area contributed by atoms with Gasteiger partial charge in [0.15, 0.2) is 0 Å². The van der Waals surface area contributed by atoms with E-state index in [2.05, 4.69) is 76.2 Å². The van der Waals surface area contributed by atoms with Crippen molar-refractivity contribution in [1.29, 1.82) is 0 Å². The van der Waals surface area contributed by atoms with Gasteiger partial charge in [0.25, 0.3) is 0 Å². The molecule has 0 saturated heterocycles. The summed E-state index contributed by atoms with van der Waals surface area (Å²) >= 11 is 0. The summed E-state index contributed by atoms with van der Waals surface area (Å²) < 4.78 is 5.91. The normalized spacial score (nSPS) is 18.2. The second-order valence-electron chi connectivity index (χ2n) is 12.2. The molecule has 0 fully saturated rings. The smallest absolute Gasteiger partial charge is 0.309 e. The zero-order valence-corrected chi connectivity index (χ0v) is 20.0. The Kier molecular flexibility index (Phi) is 9.40. The van der Waals surface area contributed by atoms with Crippen LogP contribution in [0.5, 0.6) is 0 Å². The highest BCUT2D eigenvalue weighted by atomic mass is 16.5. The average molecular weight is 369 g/mol. The third-order valence-electron chi connectivity index (χ3n) is 5.37. The first kappa shape index (κ1) is 25.5. The minimum absolute atomic E-state index is 0.00134. The lowest BCUT2D eigenvalue weighted by atomic mass is 9.76. The SMILES string of the molecule is CC(CCC(C(=O)OC(C)C(C)(C)C)C(C)CC(C)(C)C)CC(C)(C)C. The zero-order chi connectivity index (χ0) is 20.9. The molecule has 0 rings (SSSR count). The molecular weight excluding hydrogens is 320 g/mol. The molecule has 0 amide bonds. The van der Waals surface area contributed by atoms with Crippen LogP contribution < -0.4 is 0 Å². The fourth-order valence-electron chi connectivity index (χ4n) is 3.79. The van der Waals surface area contributed by atoms with Crippen LogP contribution in [0.2, 0.25) is 0 Å². The molecule has 4 unspecified atom stereocenters. The standard InChI is InChI=1S/C24H48O2/c1-17(15-22(4,5)6)13-14-20(18(2)16-23(7,8)9)21(25)26-19(3)24(10,11)12/h17-20H,13-16H2,1-12H3. The Morgan fingerprint density at radius 1 is 0.769 bits per heavy atom. The Hall–Kier alpha value is -0.530. The predicted molar refractivity (Wildman–Crippen MR) is 114 cm³/mol. The van der Waals surface area contributed by atoms with Crippen molar-refractivity contribution in [3.63, 3.8) is 0 Å². The lowest BCUT2D eigenvalue weighted by Crippen LogP contribution is -2.34. The number of hydrogen-bond donors (Lipinski definition) is 0. The molecule has 0 aromatic carbocycles. The molecule has 0 saturated carbocycles. The van der Waals surface area contributed by atoms with E-state index in [1.807, 2.05) is 6.92 Å². The molecule has 26 heavy (non-hydrogen) atoms. The van der Waals surface area contributed by atoms with Gasteiger partial charge in [0, 0.05) is 0 Å². The van der Waals surface area contributed by atoms with Crippen molar-refractivity contribution < 1.29 is 9.53 Å². The van der Waals surface area contributed by atoms with Gasteiger partial charge in [-0.25, -0.2) is 0 Å². The summed E-state index contributed by atoms with van der Waals surface area (Å²) in [5, 5.41) is 0. The second kappa shape index (κ2) is 9.60. The van der Waals surface area contributed by atoms with Crippen molar-refractivity contribution >= 4 is 5.97 Å². The van der Waals surface area contributed by atoms with Crippen molar-refractivity contribution in [3.05, 3.63) is 0 Å². The highest BCUT2D eigenvalue weighted by Crippen LogP contribution is 2.35. The molecule has 0 radical (unpaired) electrons. The molecule has 2 heteroatoms. The first-order chi connectivity index (χ1) is 11.4. The Morgan fingerprint density at radius 3 is 1.62 bits per heavy atom. The molecule has 4 atom stereocenters. The summed E-state index contributed by atoms with van der Waals surface area (Å²) in [7, 11) is 0. The second-order valence-corrected chi connectivity index (χ2v) is 12.2. The third-order valence-corrected chi connectivity index (χ3v) is 5.37. The van der Waals surface area contributed by atoms with Crippen molar-refractivity contribution in [2.45, 2.75) is 115 Å². The number of ether oxygens (including phenoxy) is 1. The molecule has 156 valence electrons. The maximum atomic E-state index is 13.0. The third kappa shape index (κ3) is 11.2. The minimum atomic E-state index is -0.0636. The van der Waals surface area contributed by atoms with Gasteiger partial charge in [-0.3, -0.25) is 4.79 Å². The summed E-state index contributed by atoms with van der Waals surface area (Å²) in [5.41, 5.74) is 0.546. The zero-order valence-electron chi connectivity index (χ0n) is 20.0. The highest BCUT2D eigenvalue weighted by molar-refractivity contribution is 5.73. The fraction of sp³-hybridized carbons (Fsp3) is 0.958. The number of esters is 1. The van der Waals surface area contributed by atoms with Crippen molar-refractivity contribution in [2.75, 3.05) is 0 Å². The van der Waals surface area contributed by atoms with E-state index in [9.17, 15) is 4.79 Å². The lowest BCUT2D eigenvalue weighted by molar-refractivity contribution is -0.161. The molecule has 0 bridgehead atoms. The molecule has 0 aliphatic heterocycles. The van der Waals surface area contributed by atoms with Gasteiger partial charge in [0.2, 0.25) is 0 Å². The van der Waals surface area contributed by atoms with Gasteiger partial charge in [-0.2, -0.15) is 0 Å². The van der Waals surface area contributed by atoms with Crippen LogP contribution in [0.3, 0.4) is 0 Å². The molecule has 0 aliphatic rings. The largest absolute Gasteiger partial charge is 0.462 e. The van der Waals surface area contributed by atoms with Crippen LogP contribution in [0, 0.1) is 34.0 Å². The summed E-state index contributed by atoms with van der Waals surface area (Å²) in [6, 6.07) is 0. The maximum Gasteiger partial charge on any atom is 0.309 e. The highest BCUT2D eigenvalue weighted by Gasteiger charge is 2.33. The van der Waals surface area contributed by atoms with E-state index in [1.165, 1.54) is 6.42 Å². The van der Waals surface area contributed by atoms with Crippen molar-refractivity contribution in [1.82, 2.24) is 0 Å². The molecule has 0 aliphatic carbocycles. The van der Waals surface area contributed by atoms with E-state index in [0.29, 0.717) is 17.3 Å². The Morgan fingerprint density at radius 2 is 1.23 bits per heavy atom. The molecular formula is C24H48O2. The Bertz CT molecular complexity index is 417. The molecule has 0 aromatic rings. The van der Waals surface area contributed by atoms with Crippen LogP contribution in [0.25, 0.3) is 0 Å². The van der Waals surface area contributed by atoms with Crippen molar-refractivity contribution in [3.8, 4) is 0 Å². The van der Waals surface area contributed by atoms with E-state index in [1.54, 1.807) is 0 Å². The minimum Gasteiger partial charge on any atom is -0.462 e. The Labute approximate surface area is 164 Å². The molecule has 0 N–H and O–H groups in total. The quantitative estimate of drug-likeness (QED) is 0.414. The fourth-order valence-corrected chi connectivity index (χ4v) is 3.79. The van der Waals surface area contributed by atoms with Crippen LogP contribution in [-0.2, 0) is 9.53 Å². The molecule has 0 heterocycles. The van der Waals surface area contributed by atoms with Gasteiger partial charge in [0.05, 0.1) is 5.92 Å². The summed E-state index contributed by atoms with van der Waals surface area (Å²) in [5.74, 6) is 0.984. The monoisotopic (exact) mass is 368 g/mol. The van der Waals surface area contributed by atoms with E-state index >= 15 is 0 Å². The van der Waals surface area contributed by atoms with E-state index in [4.69, 9.17) is 4.74 Å². The molecule has 0 aromatic heterocycles. The van der Waals surface area contributed by atoms with E-state index in [-0.39, 0.29) is 28.8 Å². The molecule has 2 nitrogen and oxygen atoms in total. The van der Waals surface area contributed by atoms with Crippen molar-refractivity contribution in [2.24, 2.45) is 34.0 Å². The van der Waals surface area contributed by atoms with Gasteiger partial charge in [-0.1, -0.05) is 76.2 Å². The van der Waals surface area contributed by atoms with Crippen LogP contribution in [0.1, 0.15) is 109 Å². The van der Waals surface area contributed by atoms with Gasteiger partial charge in [-0.15, -0.1) is 0 Å². The van der Waals surface area contributed by atoms with Crippen LogP contribution in [0.15, 0.2) is 0 Å². The first-order valence-corrected chi connectivity index (χ1v) is 10.6. The Balaban J connectivity index is 5.08. The average Bonchev–Trinajstić information content (AvgIpc) is 2.32. The van der Waals surface area contributed by atoms with E-state index < -0.39 is 0 Å². The van der Waals surface area contributed by atoms with Crippen LogP contribution in [-0.4, -0.2) is 12.1 Å².